The van der Waals surface area contributed by atoms with Gasteiger partial charge in [-0.15, -0.1) is 0 Å². The lowest BCUT2D eigenvalue weighted by atomic mass is 9.50. The molecule has 4 rings (SSSR count). The van der Waals surface area contributed by atoms with Crippen LogP contribution in [-0.2, 0) is 19.1 Å². The summed E-state index contributed by atoms with van der Waals surface area (Å²) in [7, 11) is 0. The third-order valence-electron chi connectivity index (χ3n) is 8.68. The molecule has 5 nitrogen and oxygen atoms in total. The van der Waals surface area contributed by atoms with E-state index in [9.17, 15) is 14.7 Å². The zero-order chi connectivity index (χ0) is 22.3. The number of hydrogen-bond donors (Lipinski definition) is 1. The van der Waals surface area contributed by atoms with Gasteiger partial charge in [0.05, 0.1) is 10.9 Å². The van der Waals surface area contributed by atoms with Crippen molar-refractivity contribution in [3.63, 3.8) is 0 Å². The van der Waals surface area contributed by atoms with Crippen LogP contribution in [0.3, 0.4) is 0 Å². The van der Waals surface area contributed by atoms with Gasteiger partial charge in [0.2, 0.25) is 0 Å². The fourth-order valence-electron chi connectivity index (χ4n) is 7.22. The molecule has 6 heteroatoms. The van der Waals surface area contributed by atoms with Crippen LogP contribution in [0.25, 0.3) is 0 Å². The summed E-state index contributed by atoms with van der Waals surface area (Å²) < 4.78 is 11.5. The van der Waals surface area contributed by atoms with Gasteiger partial charge in [0, 0.05) is 25.7 Å². The molecule has 0 bridgehead atoms. The Morgan fingerprint density at radius 3 is 2.71 bits per heavy atom. The van der Waals surface area contributed by atoms with Crippen molar-refractivity contribution in [3.8, 4) is 0 Å². The summed E-state index contributed by atoms with van der Waals surface area (Å²) in [5, 5.41) is 11.2. The van der Waals surface area contributed by atoms with Crippen molar-refractivity contribution in [1.82, 2.24) is 0 Å². The van der Waals surface area contributed by atoms with E-state index in [0.29, 0.717) is 24.2 Å². The maximum atomic E-state index is 12.1. The number of alkyl halides is 1. The number of aliphatic hydroxyl groups is 1. The van der Waals surface area contributed by atoms with E-state index in [1.807, 2.05) is 0 Å². The van der Waals surface area contributed by atoms with E-state index in [1.165, 1.54) is 12.5 Å². The zero-order valence-corrected chi connectivity index (χ0v) is 20.6. The van der Waals surface area contributed by atoms with Crippen LogP contribution in [0.4, 0.5) is 0 Å². The van der Waals surface area contributed by atoms with Gasteiger partial charge in [0.15, 0.2) is 0 Å². The lowest BCUT2D eigenvalue weighted by Gasteiger charge is -2.56. The van der Waals surface area contributed by atoms with Crippen molar-refractivity contribution in [3.05, 3.63) is 11.6 Å². The number of unbranched alkanes of at least 4 members (excludes halogenated alkanes) is 1. The molecule has 0 radical (unpaired) electrons. The van der Waals surface area contributed by atoms with Gasteiger partial charge in [-0.3, -0.25) is 9.59 Å². The molecule has 4 aliphatic rings. The summed E-state index contributed by atoms with van der Waals surface area (Å²) in [6.07, 6.45) is 9.50. The first kappa shape index (κ1) is 23.3. The predicted octanol–water partition coefficient (Wildman–Crippen LogP) is 4.94. The Hall–Kier alpha value is -0.880. The van der Waals surface area contributed by atoms with E-state index >= 15 is 0 Å². The quantitative estimate of drug-likeness (QED) is 0.331. The average Bonchev–Trinajstić information content (AvgIpc) is 3.02. The molecule has 9 atom stereocenters. The summed E-state index contributed by atoms with van der Waals surface area (Å²) in [5.41, 5.74) is 1.34. The fraction of sp³-hybridized carbons (Fsp3) is 0.840. The van der Waals surface area contributed by atoms with Crippen LogP contribution in [0.1, 0.15) is 78.6 Å². The van der Waals surface area contributed by atoms with Gasteiger partial charge >= 0.3 is 11.9 Å². The topological polar surface area (TPSA) is 72.8 Å². The minimum atomic E-state index is -0.480. The Balaban J connectivity index is 1.50. The van der Waals surface area contributed by atoms with E-state index < -0.39 is 6.10 Å². The van der Waals surface area contributed by atoms with Crippen LogP contribution in [0.15, 0.2) is 11.6 Å². The standard InChI is InChI=1S/C25H37BrO5/c1-4-5-6-22(29)31-16-9-10-25(3)15(11-16)12-21(28)23-18-13-20(26)24(30-14(2)27)17(18)7-8-19(23)25/h12,16-21,23-24,28H,4-11,13H2,1-3H3/t16-,17-,18?,19?,20+,21-,23?,24+,25-/m0/s1. The Morgan fingerprint density at radius 2 is 2.00 bits per heavy atom. The predicted molar refractivity (Wildman–Crippen MR) is 122 cm³/mol. The molecule has 174 valence electrons. The van der Waals surface area contributed by atoms with Crippen LogP contribution in [0, 0.1) is 29.1 Å². The molecule has 0 aliphatic heterocycles. The third-order valence-corrected chi connectivity index (χ3v) is 9.58. The molecule has 0 amide bonds. The largest absolute Gasteiger partial charge is 0.462 e. The number of rotatable bonds is 5. The third kappa shape index (κ3) is 4.36. The molecule has 4 aliphatic carbocycles. The van der Waals surface area contributed by atoms with Crippen LogP contribution in [0.2, 0.25) is 0 Å². The molecule has 1 N–H and O–H groups in total. The summed E-state index contributed by atoms with van der Waals surface area (Å²) in [6.45, 7) is 5.93. The van der Waals surface area contributed by atoms with E-state index in [0.717, 1.165) is 51.4 Å². The van der Waals surface area contributed by atoms with Gasteiger partial charge in [0.1, 0.15) is 12.2 Å². The molecule has 3 saturated carbocycles. The Kier molecular flexibility index (Phi) is 6.88. The highest BCUT2D eigenvalue weighted by atomic mass is 79.9. The molecule has 3 fully saturated rings. The smallest absolute Gasteiger partial charge is 0.306 e. The SMILES string of the molecule is CCCCC(=O)O[C@H]1CC[C@@]2(C)C(=C[C@H](O)C3C4C[C@@H](Br)[C@H](OC(C)=O)[C@H]4CCC32)C1. The Morgan fingerprint density at radius 1 is 1.23 bits per heavy atom. The number of fused-ring (bicyclic) bond motifs is 5. The molecule has 31 heavy (non-hydrogen) atoms. The monoisotopic (exact) mass is 496 g/mol. The van der Waals surface area contributed by atoms with Gasteiger partial charge in [-0.1, -0.05) is 47.8 Å². The second-order valence-electron chi connectivity index (χ2n) is 10.5. The van der Waals surface area contributed by atoms with E-state index in [1.54, 1.807) is 0 Å². The van der Waals surface area contributed by atoms with Crippen molar-refractivity contribution in [1.29, 1.82) is 0 Å². The Labute approximate surface area is 194 Å². The van der Waals surface area contributed by atoms with Gasteiger partial charge in [0.25, 0.3) is 0 Å². The highest BCUT2D eigenvalue weighted by Gasteiger charge is 2.59. The maximum Gasteiger partial charge on any atom is 0.306 e. The van der Waals surface area contributed by atoms with Crippen molar-refractivity contribution >= 4 is 27.9 Å². The number of carbonyl (C=O) groups is 2. The molecule has 0 spiro atoms. The molecule has 0 saturated heterocycles. The van der Waals surface area contributed by atoms with Crippen molar-refractivity contribution in [2.24, 2.45) is 29.1 Å². The first-order valence-electron chi connectivity index (χ1n) is 12.1. The van der Waals surface area contributed by atoms with Crippen LogP contribution in [-0.4, -0.2) is 40.2 Å². The number of hydrogen-bond acceptors (Lipinski definition) is 5. The molecule has 0 aromatic rings. The second kappa shape index (κ2) is 9.17. The molecule has 0 aromatic heterocycles. The Bertz CT molecular complexity index is 735. The summed E-state index contributed by atoms with van der Waals surface area (Å²) in [5.74, 6) is 1.01. The van der Waals surface area contributed by atoms with Gasteiger partial charge in [-0.25, -0.2) is 0 Å². The molecule has 0 aromatic carbocycles. The van der Waals surface area contributed by atoms with E-state index in [4.69, 9.17) is 9.47 Å². The number of carbonyl (C=O) groups excluding carboxylic acids is 2. The van der Waals surface area contributed by atoms with Crippen LogP contribution >= 0.6 is 15.9 Å². The van der Waals surface area contributed by atoms with Crippen LogP contribution < -0.4 is 0 Å². The lowest BCUT2D eigenvalue weighted by Crippen LogP contribution is -2.52. The molecular formula is C25H37BrO5. The van der Waals surface area contributed by atoms with Gasteiger partial charge < -0.3 is 14.6 Å². The number of esters is 2. The van der Waals surface area contributed by atoms with E-state index in [2.05, 4.69) is 35.9 Å². The van der Waals surface area contributed by atoms with Crippen molar-refractivity contribution in [2.45, 2.75) is 102 Å². The molecular weight excluding hydrogens is 460 g/mol. The highest BCUT2D eigenvalue weighted by molar-refractivity contribution is 9.09. The molecule has 0 heterocycles. The fourth-order valence-corrected chi connectivity index (χ4v) is 8.15. The minimum Gasteiger partial charge on any atom is -0.462 e. The number of halogens is 1. The van der Waals surface area contributed by atoms with Gasteiger partial charge in [-0.2, -0.15) is 0 Å². The number of aliphatic hydroxyl groups excluding tert-OH is 1. The minimum absolute atomic E-state index is 0.0581. The normalized spacial score (nSPS) is 43.8. The summed E-state index contributed by atoms with van der Waals surface area (Å²) in [6, 6.07) is 0. The number of ether oxygens (including phenoxy) is 2. The zero-order valence-electron chi connectivity index (χ0n) is 19.0. The summed E-state index contributed by atoms with van der Waals surface area (Å²) in [4.78, 5) is 23.9. The van der Waals surface area contributed by atoms with Gasteiger partial charge in [-0.05, 0) is 61.7 Å². The van der Waals surface area contributed by atoms with Crippen LogP contribution in [0.5, 0.6) is 0 Å². The highest BCUT2D eigenvalue weighted by Crippen LogP contribution is 2.62. The summed E-state index contributed by atoms with van der Waals surface area (Å²) >= 11 is 3.77. The second-order valence-corrected chi connectivity index (χ2v) is 11.6. The van der Waals surface area contributed by atoms with E-state index in [-0.39, 0.29) is 40.3 Å². The first-order valence-corrected chi connectivity index (χ1v) is 13.1. The maximum absolute atomic E-state index is 12.1. The first-order chi connectivity index (χ1) is 14.7. The average molecular weight is 497 g/mol. The van der Waals surface area contributed by atoms with Crippen molar-refractivity contribution in [2.75, 3.05) is 0 Å². The molecule has 3 unspecified atom stereocenters. The van der Waals surface area contributed by atoms with Crippen molar-refractivity contribution < 1.29 is 24.2 Å². The lowest BCUT2D eigenvalue weighted by molar-refractivity contribution is -0.152.